The summed E-state index contributed by atoms with van der Waals surface area (Å²) in [4.78, 5) is 58.7. The van der Waals surface area contributed by atoms with Crippen molar-refractivity contribution >= 4 is 40.4 Å². The van der Waals surface area contributed by atoms with Crippen molar-refractivity contribution < 1.29 is 29.0 Å². The van der Waals surface area contributed by atoms with E-state index in [1.165, 1.54) is 19.1 Å². The highest BCUT2D eigenvalue weighted by molar-refractivity contribution is 6.24. The van der Waals surface area contributed by atoms with Crippen LogP contribution in [0.3, 0.4) is 0 Å². The number of para-hydroxylation sites is 2. The Bertz CT molecular complexity index is 1690. The van der Waals surface area contributed by atoms with Crippen LogP contribution in [0.15, 0.2) is 72.8 Å². The highest BCUT2D eigenvalue weighted by Gasteiger charge is 2.53. The maximum Gasteiger partial charge on any atom is 0.332 e. The number of amides is 4. The number of nitrogens with zero attached hydrogens (tertiary/aromatic N) is 2. The van der Waals surface area contributed by atoms with Gasteiger partial charge < -0.3 is 20.1 Å². The van der Waals surface area contributed by atoms with Gasteiger partial charge in [-0.3, -0.25) is 19.3 Å². The van der Waals surface area contributed by atoms with Crippen LogP contribution in [0.5, 0.6) is 5.75 Å². The summed E-state index contributed by atoms with van der Waals surface area (Å²) in [6.07, 6.45) is 0.297. The summed E-state index contributed by atoms with van der Waals surface area (Å²) in [6.45, 7) is 1.34. The summed E-state index contributed by atoms with van der Waals surface area (Å²) in [6, 6.07) is 18.2. The summed E-state index contributed by atoms with van der Waals surface area (Å²) in [5, 5.41) is 12.6. The molecule has 0 saturated carbocycles. The second-order valence-electron chi connectivity index (χ2n) is 9.88. The van der Waals surface area contributed by atoms with Crippen LogP contribution < -0.4 is 15.0 Å². The Morgan fingerprint density at radius 3 is 2.58 bits per heavy atom. The molecule has 0 bridgehead atoms. The molecule has 4 amide bonds. The van der Waals surface area contributed by atoms with Crippen molar-refractivity contribution in [3.05, 3.63) is 95.2 Å². The van der Waals surface area contributed by atoms with E-state index >= 15 is 0 Å². The second-order valence-corrected chi connectivity index (χ2v) is 9.88. The number of nitrogens with one attached hydrogen (secondary N) is 2. The third-order valence-electron chi connectivity index (χ3n) is 7.57. The number of H-pyrrole nitrogens is 1. The Kier molecular flexibility index (Phi) is 6.02. The maximum absolute atomic E-state index is 14.2. The highest BCUT2D eigenvalue weighted by atomic mass is 16.5. The zero-order chi connectivity index (χ0) is 28.1. The topological polar surface area (TPSA) is 132 Å². The van der Waals surface area contributed by atoms with Crippen molar-refractivity contribution in [3.8, 4) is 5.75 Å². The number of methoxy groups -OCH3 is 1. The number of aromatic amines is 1. The SMILES string of the molecule is COc1cccc([C@@H]2c3[nH]c4ccccc4c3C[C@H]3C(=O)N(c4ccccc4C(=O)N[C@H](C)C(=O)O)C(=O)N23)c1. The summed E-state index contributed by atoms with van der Waals surface area (Å²) in [5.41, 5.74) is 3.57. The number of carboxylic acids is 1. The first-order valence-electron chi connectivity index (χ1n) is 12.8. The molecule has 6 rings (SSSR count). The van der Waals surface area contributed by atoms with E-state index in [1.54, 1.807) is 24.1 Å². The number of ether oxygens (including phenoxy) is 1. The van der Waals surface area contributed by atoms with Crippen LogP contribution in [-0.2, 0) is 16.0 Å². The van der Waals surface area contributed by atoms with Crippen LogP contribution in [0.25, 0.3) is 10.9 Å². The molecule has 3 heterocycles. The van der Waals surface area contributed by atoms with Crippen LogP contribution in [-0.4, -0.2) is 58.0 Å². The minimum absolute atomic E-state index is 0.0269. The molecule has 0 radical (unpaired) electrons. The van der Waals surface area contributed by atoms with Gasteiger partial charge in [0.25, 0.3) is 11.8 Å². The third kappa shape index (κ3) is 3.87. The van der Waals surface area contributed by atoms with Crippen LogP contribution in [0.2, 0.25) is 0 Å². The number of carbonyl (C=O) groups excluding carboxylic acids is 3. The molecule has 2 aliphatic heterocycles. The van der Waals surface area contributed by atoms with Crippen molar-refractivity contribution in [2.45, 2.75) is 31.5 Å². The van der Waals surface area contributed by atoms with Gasteiger partial charge in [0.1, 0.15) is 23.9 Å². The lowest BCUT2D eigenvalue weighted by atomic mass is 9.89. The number of imide groups is 1. The Balaban J connectivity index is 1.47. The van der Waals surface area contributed by atoms with Gasteiger partial charge >= 0.3 is 12.0 Å². The summed E-state index contributed by atoms with van der Waals surface area (Å²) in [5.74, 6) is -1.75. The van der Waals surface area contributed by atoms with Gasteiger partial charge in [-0.05, 0) is 48.4 Å². The van der Waals surface area contributed by atoms with E-state index < -0.39 is 41.9 Å². The number of fused-ring (bicyclic) bond motifs is 4. The van der Waals surface area contributed by atoms with Gasteiger partial charge in [0.2, 0.25) is 0 Å². The lowest BCUT2D eigenvalue weighted by Crippen LogP contribution is -2.44. The number of hydrogen-bond donors (Lipinski definition) is 3. The highest BCUT2D eigenvalue weighted by Crippen LogP contribution is 2.45. The number of aromatic nitrogens is 1. The number of carboxylic acid groups (broad SMARTS) is 1. The fourth-order valence-electron chi connectivity index (χ4n) is 5.65. The molecule has 0 spiro atoms. The molecule has 40 heavy (non-hydrogen) atoms. The van der Waals surface area contributed by atoms with Crippen molar-refractivity contribution in [1.82, 2.24) is 15.2 Å². The lowest BCUT2D eigenvalue weighted by molar-refractivity contribution is -0.138. The fraction of sp³-hybridized carbons (Fsp3) is 0.200. The molecule has 0 aliphatic carbocycles. The molecule has 2 aliphatic rings. The number of rotatable bonds is 6. The van der Waals surface area contributed by atoms with Crippen LogP contribution in [0, 0.1) is 0 Å². The minimum atomic E-state index is -1.20. The number of carbonyl (C=O) groups is 4. The van der Waals surface area contributed by atoms with Gasteiger partial charge in [0, 0.05) is 23.0 Å². The molecule has 4 aromatic rings. The number of urea groups is 1. The van der Waals surface area contributed by atoms with Crippen molar-refractivity contribution in [1.29, 1.82) is 0 Å². The molecule has 10 nitrogen and oxygen atoms in total. The summed E-state index contributed by atoms with van der Waals surface area (Å²) in [7, 11) is 1.57. The number of benzene rings is 3. The van der Waals surface area contributed by atoms with Crippen molar-refractivity contribution in [3.63, 3.8) is 0 Å². The van der Waals surface area contributed by atoms with Gasteiger partial charge in [-0.1, -0.05) is 42.5 Å². The molecule has 1 aromatic heterocycles. The first-order valence-corrected chi connectivity index (χ1v) is 12.8. The minimum Gasteiger partial charge on any atom is -0.497 e. The Morgan fingerprint density at radius 1 is 1.05 bits per heavy atom. The van der Waals surface area contributed by atoms with Gasteiger partial charge in [0.15, 0.2) is 0 Å². The van der Waals surface area contributed by atoms with Gasteiger partial charge in [-0.25, -0.2) is 9.69 Å². The lowest BCUT2D eigenvalue weighted by Gasteiger charge is -2.36. The summed E-state index contributed by atoms with van der Waals surface area (Å²) < 4.78 is 5.46. The Morgan fingerprint density at radius 2 is 1.80 bits per heavy atom. The molecule has 3 aromatic carbocycles. The monoisotopic (exact) mass is 538 g/mol. The van der Waals surface area contributed by atoms with Crippen molar-refractivity contribution in [2.24, 2.45) is 0 Å². The zero-order valence-electron chi connectivity index (χ0n) is 21.8. The average Bonchev–Trinajstić information content (AvgIpc) is 3.45. The largest absolute Gasteiger partial charge is 0.497 e. The molecular formula is C30H26N4O6. The summed E-state index contributed by atoms with van der Waals surface area (Å²) >= 11 is 0. The number of hydrogen-bond acceptors (Lipinski definition) is 5. The smallest absolute Gasteiger partial charge is 0.332 e. The molecule has 0 unspecified atom stereocenters. The van der Waals surface area contributed by atoms with Gasteiger partial charge in [-0.2, -0.15) is 0 Å². The van der Waals surface area contributed by atoms with E-state index in [4.69, 9.17) is 4.74 Å². The standard InChI is InChI=1S/C30H26N4O6/c1-16(29(37)38)31-27(35)20-11-4-6-13-23(20)34-28(36)24-15-21-19-10-3-5-12-22(19)32-25(21)26(33(24)30(34)39)17-8-7-9-18(14-17)40-2/h3-14,16,24,26,32H,15H2,1-2H3,(H,31,35)(H,37,38)/t16-,24+,26-/m1/s1. The molecular weight excluding hydrogens is 512 g/mol. The number of anilines is 1. The van der Waals surface area contributed by atoms with Gasteiger partial charge in [0.05, 0.1) is 18.4 Å². The van der Waals surface area contributed by atoms with Gasteiger partial charge in [-0.15, -0.1) is 0 Å². The first-order chi connectivity index (χ1) is 19.3. The third-order valence-corrected chi connectivity index (χ3v) is 7.57. The van der Waals surface area contributed by atoms with E-state index in [9.17, 15) is 24.3 Å². The first kappa shape index (κ1) is 25.2. The second kappa shape index (κ2) is 9.57. The molecule has 3 atom stereocenters. The van der Waals surface area contributed by atoms with E-state index in [0.29, 0.717) is 12.2 Å². The van der Waals surface area contributed by atoms with E-state index in [1.807, 2.05) is 48.5 Å². The van der Waals surface area contributed by atoms with Crippen LogP contribution in [0.4, 0.5) is 10.5 Å². The Labute approximate surface area is 229 Å². The predicted octanol–water partition coefficient (Wildman–Crippen LogP) is 3.86. The predicted molar refractivity (Wildman–Crippen MR) is 146 cm³/mol. The molecule has 10 heteroatoms. The van der Waals surface area contributed by atoms with Crippen LogP contribution in [0.1, 0.15) is 40.1 Å². The van der Waals surface area contributed by atoms with Crippen molar-refractivity contribution in [2.75, 3.05) is 12.0 Å². The zero-order valence-corrected chi connectivity index (χ0v) is 21.8. The average molecular weight is 539 g/mol. The maximum atomic E-state index is 14.2. The van der Waals surface area contributed by atoms with E-state index in [-0.39, 0.29) is 11.3 Å². The Hall–Kier alpha value is -5.12. The fourth-order valence-corrected chi connectivity index (χ4v) is 5.65. The van der Waals surface area contributed by atoms with Crippen LogP contribution >= 0.6 is 0 Å². The molecule has 1 fully saturated rings. The number of aliphatic carboxylic acids is 1. The quantitative estimate of drug-likeness (QED) is 0.320. The molecule has 3 N–H and O–H groups in total. The molecule has 1 saturated heterocycles. The van der Waals surface area contributed by atoms with E-state index in [2.05, 4.69) is 10.3 Å². The van der Waals surface area contributed by atoms with E-state index in [0.717, 1.165) is 32.6 Å². The normalized spacial score (nSPS) is 18.9. The molecule has 202 valence electrons.